The third-order valence-electron chi connectivity index (χ3n) is 2.87. The van der Waals surface area contributed by atoms with Crippen molar-refractivity contribution in [2.75, 3.05) is 0 Å². The summed E-state index contributed by atoms with van der Waals surface area (Å²) in [5.41, 5.74) is 1.04. The fraction of sp³-hybridized carbons (Fsp3) is 0.500. The quantitative estimate of drug-likeness (QED) is 0.711. The van der Waals surface area contributed by atoms with E-state index in [-0.39, 0.29) is 5.97 Å². The molecule has 2 nitrogen and oxygen atoms in total. The minimum absolute atomic E-state index is 0.106. The summed E-state index contributed by atoms with van der Waals surface area (Å²) >= 11 is 0. The third-order valence-corrected chi connectivity index (χ3v) is 2.87. The Kier molecular flexibility index (Phi) is 5.03. The van der Waals surface area contributed by atoms with Crippen LogP contribution in [0.2, 0.25) is 0 Å². The summed E-state index contributed by atoms with van der Waals surface area (Å²) < 4.78 is 5.21. The van der Waals surface area contributed by atoms with Gasteiger partial charge in [-0.05, 0) is 17.4 Å². The fourth-order valence-corrected chi connectivity index (χ4v) is 1.30. The summed E-state index contributed by atoms with van der Waals surface area (Å²) in [6.07, 6.45) is 0.504. The van der Waals surface area contributed by atoms with Crippen LogP contribution in [0, 0.1) is 11.8 Å². The second-order valence-corrected chi connectivity index (χ2v) is 4.57. The van der Waals surface area contributed by atoms with E-state index in [0.717, 1.165) is 5.56 Å². The van der Waals surface area contributed by atoms with E-state index < -0.39 is 0 Å². The van der Waals surface area contributed by atoms with E-state index in [1.54, 1.807) is 0 Å². The van der Waals surface area contributed by atoms with E-state index in [9.17, 15) is 4.79 Å². The number of benzene rings is 1. The molecule has 88 valence electrons. The number of esters is 1. The average Bonchev–Trinajstić information content (AvgIpc) is 2.27. The summed E-state index contributed by atoms with van der Waals surface area (Å²) in [6, 6.07) is 9.75. The summed E-state index contributed by atoms with van der Waals surface area (Å²) in [5.74, 6) is 0.789. The van der Waals surface area contributed by atoms with Crippen molar-refractivity contribution < 1.29 is 9.53 Å². The zero-order valence-electron chi connectivity index (χ0n) is 10.3. The maximum Gasteiger partial charge on any atom is 0.306 e. The molecule has 0 saturated heterocycles. The number of hydrogen-bond acceptors (Lipinski definition) is 2. The minimum Gasteiger partial charge on any atom is -0.461 e. The molecule has 0 spiro atoms. The van der Waals surface area contributed by atoms with Gasteiger partial charge in [0.05, 0.1) is 0 Å². The van der Waals surface area contributed by atoms with Gasteiger partial charge in [-0.1, -0.05) is 51.1 Å². The van der Waals surface area contributed by atoms with Crippen LogP contribution < -0.4 is 0 Å². The Labute approximate surface area is 97.6 Å². The van der Waals surface area contributed by atoms with Gasteiger partial charge in [-0.2, -0.15) is 0 Å². The van der Waals surface area contributed by atoms with Gasteiger partial charge in [0, 0.05) is 6.42 Å². The Morgan fingerprint density at radius 2 is 1.81 bits per heavy atom. The molecule has 0 aliphatic carbocycles. The molecule has 0 aliphatic rings. The topological polar surface area (TPSA) is 26.3 Å². The first-order valence-corrected chi connectivity index (χ1v) is 5.79. The van der Waals surface area contributed by atoms with Crippen LogP contribution in [-0.2, 0) is 16.1 Å². The first kappa shape index (κ1) is 12.8. The molecule has 0 N–H and O–H groups in total. The molecule has 0 aliphatic heterocycles. The van der Waals surface area contributed by atoms with Gasteiger partial charge in [0.25, 0.3) is 0 Å². The highest BCUT2D eigenvalue weighted by Crippen LogP contribution is 2.15. The zero-order valence-corrected chi connectivity index (χ0v) is 10.3. The maximum absolute atomic E-state index is 11.5. The Morgan fingerprint density at radius 1 is 1.19 bits per heavy atom. The van der Waals surface area contributed by atoms with Crippen molar-refractivity contribution in [3.63, 3.8) is 0 Å². The van der Waals surface area contributed by atoms with Crippen molar-refractivity contribution in [1.29, 1.82) is 0 Å². The van der Waals surface area contributed by atoms with Crippen molar-refractivity contribution in [2.45, 2.75) is 33.8 Å². The zero-order chi connectivity index (χ0) is 12.0. The molecular weight excluding hydrogens is 200 g/mol. The van der Waals surface area contributed by atoms with Crippen LogP contribution >= 0.6 is 0 Å². The van der Waals surface area contributed by atoms with Gasteiger partial charge in [0.1, 0.15) is 6.61 Å². The fourth-order valence-electron chi connectivity index (χ4n) is 1.30. The van der Waals surface area contributed by atoms with Crippen LogP contribution in [0.4, 0.5) is 0 Å². The number of hydrogen-bond donors (Lipinski definition) is 0. The Balaban J connectivity index is 2.31. The van der Waals surface area contributed by atoms with Gasteiger partial charge in [0.2, 0.25) is 0 Å². The second-order valence-electron chi connectivity index (χ2n) is 4.57. The normalized spacial score (nSPS) is 12.5. The van der Waals surface area contributed by atoms with Gasteiger partial charge in [0.15, 0.2) is 0 Å². The molecule has 2 heteroatoms. The average molecular weight is 220 g/mol. The van der Waals surface area contributed by atoms with E-state index in [4.69, 9.17) is 4.74 Å². The molecule has 0 amide bonds. The lowest BCUT2D eigenvalue weighted by atomic mass is 9.95. The third kappa shape index (κ3) is 4.47. The first-order chi connectivity index (χ1) is 7.59. The van der Waals surface area contributed by atoms with Gasteiger partial charge in [-0.25, -0.2) is 0 Å². The van der Waals surface area contributed by atoms with E-state index in [0.29, 0.717) is 24.9 Å². The highest BCUT2D eigenvalue weighted by Gasteiger charge is 2.13. The van der Waals surface area contributed by atoms with E-state index >= 15 is 0 Å². The van der Waals surface area contributed by atoms with Crippen LogP contribution in [0.1, 0.15) is 32.8 Å². The molecule has 0 saturated carbocycles. The molecule has 1 rings (SSSR count). The number of carbonyl (C=O) groups excluding carboxylic acids is 1. The summed E-state index contributed by atoms with van der Waals surface area (Å²) in [6.45, 7) is 6.70. The Morgan fingerprint density at radius 3 is 2.38 bits per heavy atom. The second kappa shape index (κ2) is 6.31. The van der Waals surface area contributed by atoms with Gasteiger partial charge < -0.3 is 4.74 Å². The van der Waals surface area contributed by atoms with Crippen molar-refractivity contribution >= 4 is 5.97 Å². The lowest BCUT2D eigenvalue weighted by Gasteiger charge is -2.14. The van der Waals surface area contributed by atoms with Crippen molar-refractivity contribution in [2.24, 2.45) is 11.8 Å². The number of carbonyl (C=O) groups is 1. The number of ether oxygens (including phenoxy) is 1. The standard InChI is InChI=1S/C14H20O2/c1-11(2)12(3)9-14(15)16-10-13-7-5-4-6-8-13/h4-8,11-12H,9-10H2,1-3H3. The summed E-state index contributed by atoms with van der Waals surface area (Å²) in [4.78, 5) is 11.5. The van der Waals surface area contributed by atoms with Crippen LogP contribution in [-0.4, -0.2) is 5.97 Å². The smallest absolute Gasteiger partial charge is 0.306 e. The Hall–Kier alpha value is -1.31. The van der Waals surface area contributed by atoms with Gasteiger partial charge in [-0.15, -0.1) is 0 Å². The van der Waals surface area contributed by atoms with Crippen molar-refractivity contribution in [3.05, 3.63) is 35.9 Å². The highest BCUT2D eigenvalue weighted by atomic mass is 16.5. The summed E-state index contributed by atoms with van der Waals surface area (Å²) in [5, 5.41) is 0. The van der Waals surface area contributed by atoms with Gasteiger partial charge in [-0.3, -0.25) is 4.79 Å². The molecule has 16 heavy (non-hydrogen) atoms. The molecule has 0 aromatic heterocycles. The summed E-state index contributed by atoms with van der Waals surface area (Å²) in [7, 11) is 0. The lowest BCUT2D eigenvalue weighted by molar-refractivity contribution is -0.146. The van der Waals surface area contributed by atoms with Crippen LogP contribution in [0.25, 0.3) is 0 Å². The molecule has 1 unspecified atom stereocenters. The van der Waals surface area contributed by atoms with Crippen molar-refractivity contribution in [3.8, 4) is 0 Å². The molecular formula is C14H20O2. The van der Waals surface area contributed by atoms with Gasteiger partial charge >= 0.3 is 5.97 Å². The largest absolute Gasteiger partial charge is 0.461 e. The van der Waals surface area contributed by atoms with E-state index in [1.165, 1.54) is 0 Å². The molecule has 1 atom stereocenters. The molecule has 0 heterocycles. The van der Waals surface area contributed by atoms with Crippen LogP contribution in [0.5, 0.6) is 0 Å². The minimum atomic E-state index is -0.106. The molecule has 1 aromatic rings. The molecule has 0 fully saturated rings. The molecule has 0 radical (unpaired) electrons. The molecule has 1 aromatic carbocycles. The van der Waals surface area contributed by atoms with E-state index in [1.807, 2.05) is 30.3 Å². The maximum atomic E-state index is 11.5. The van der Waals surface area contributed by atoms with E-state index in [2.05, 4.69) is 20.8 Å². The van der Waals surface area contributed by atoms with Crippen LogP contribution in [0.15, 0.2) is 30.3 Å². The predicted molar refractivity (Wildman–Crippen MR) is 64.9 cm³/mol. The first-order valence-electron chi connectivity index (χ1n) is 5.79. The number of rotatable bonds is 5. The van der Waals surface area contributed by atoms with Crippen LogP contribution in [0.3, 0.4) is 0 Å². The SMILES string of the molecule is CC(C)C(C)CC(=O)OCc1ccccc1. The van der Waals surface area contributed by atoms with Crippen molar-refractivity contribution in [1.82, 2.24) is 0 Å². The monoisotopic (exact) mass is 220 g/mol. The molecule has 0 bridgehead atoms. The Bertz CT molecular complexity index is 317. The predicted octanol–water partition coefficient (Wildman–Crippen LogP) is 3.41. The highest BCUT2D eigenvalue weighted by molar-refractivity contribution is 5.69. The lowest BCUT2D eigenvalue weighted by Crippen LogP contribution is -2.13.